The van der Waals surface area contributed by atoms with E-state index >= 15 is 0 Å². The van der Waals surface area contributed by atoms with E-state index in [0.717, 1.165) is 43.9 Å². The van der Waals surface area contributed by atoms with Crippen LogP contribution in [0.5, 0.6) is 5.75 Å². The van der Waals surface area contributed by atoms with Crippen LogP contribution in [0, 0.1) is 0 Å². The summed E-state index contributed by atoms with van der Waals surface area (Å²) in [7, 11) is 1.58. The predicted octanol–water partition coefficient (Wildman–Crippen LogP) is 5.56. The molecule has 9 heteroatoms. The number of nitrogens with zero attached hydrogens (tertiary/aromatic N) is 4. The first kappa shape index (κ1) is 21.5. The maximum atomic E-state index is 13.4. The second-order valence-corrected chi connectivity index (χ2v) is 8.13. The number of benzene rings is 2. The highest BCUT2D eigenvalue weighted by Crippen LogP contribution is 2.31. The van der Waals surface area contributed by atoms with Crippen LogP contribution < -0.4 is 15.0 Å². The van der Waals surface area contributed by atoms with Crippen molar-refractivity contribution >= 4 is 40.6 Å². The van der Waals surface area contributed by atoms with Crippen molar-refractivity contribution in [3.63, 3.8) is 0 Å². The first-order valence-electron chi connectivity index (χ1n) is 10.1. The van der Waals surface area contributed by atoms with Crippen molar-refractivity contribution in [2.24, 2.45) is 0 Å². The maximum Gasteiger partial charge on any atom is 0.326 e. The zero-order chi connectivity index (χ0) is 21.8. The number of para-hydroxylation sites is 2. The number of aromatic nitrogens is 3. The zero-order valence-electron chi connectivity index (χ0n) is 17.1. The number of ether oxygens (including phenoxy) is 1. The smallest absolute Gasteiger partial charge is 0.326 e. The average molecular weight is 460 g/mol. The Hall–Kier alpha value is -2.77. The van der Waals surface area contributed by atoms with Gasteiger partial charge in [-0.05, 0) is 43.2 Å². The molecule has 4 rings (SSSR count). The average Bonchev–Trinajstić information content (AvgIpc) is 2.99. The van der Waals surface area contributed by atoms with Crippen LogP contribution in [0.25, 0.3) is 0 Å². The van der Waals surface area contributed by atoms with E-state index in [1.54, 1.807) is 30.2 Å². The third kappa shape index (κ3) is 4.78. The monoisotopic (exact) mass is 459 g/mol. The van der Waals surface area contributed by atoms with Crippen molar-refractivity contribution in [3.05, 3.63) is 64.2 Å². The molecule has 0 unspecified atom stereocenters. The van der Waals surface area contributed by atoms with E-state index in [1.807, 2.05) is 24.3 Å². The number of amides is 2. The van der Waals surface area contributed by atoms with Crippen LogP contribution in [0.2, 0.25) is 10.0 Å². The lowest BCUT2D eigenvalue weighted by Gasteiger charge is -2.25. The van der Waals surface area contributed by atoms with E-state index < -0.39 is 0 Å². The molecule has 0 radical (unpaired) electrons. The van der Waals surface area contributed by atoms with Crippen molar-refractivity contribution in [3.8, 4) is 5.75 Å². The molecule has 0 saturated carbocycles. The molecule has 0 bridgehead atoms. The van der Waals surface area contributed by atoms with Gasteiger partial charge in [0.05, 0.1) is 29.4 Å². The number of fused-ring (bicyclic) bond motifs is 1. The van der Waals surface area contributed by atoms with Crippen LogP contribution in [-0.4, -0.2) is 27.9 Å². The van der Waals surface area contributed by atoms with E-state index in [-0.39, 0.29) is 12.6 Å². The van der Waals surface area contributed by atoms with Crippen LogP contribution in [0.1, 0.15) is 30.9 Å². The Balaban J connectivity index is 1.67. The number of halogens is 2. The number of carbonyl (C=O) groups is 1. The molecule has 3 aromatic rings. The number of nitrogens with one attached hydrogen (secondary N) is 1. The summed E-state index contributed by atoms with van der Waals surface area (Å²) in [6.45, 7) is 1.10. The Morgan fingerprint density at radius 2 is 1.97 bits per heavy atom. The lowest BCUT2D eigenvalue weighted by atomic mass is 10.2. The molecule has 1 aliphatic rings. The fourth-order valence-electron chi connectivity index (χ4n) is 3.69. The molecule has 1 aliphatic heterocycles. The van der Waals surface area contributed by atoms with Gasteiger partial charge in [-0.1, -0.05) is 41.8 Å². The minimum absolute atomic E-state index is 0.251. The van der Waals surface area contributed by atoms with Gasteiger partial charge in [-0.2, -0.15) is 0 Å². The van der Waals surface area contributed by atoms with Gasteiger partial charge in [0.15, 0.2) is 5.82 Å². The predicted molar refractivity (Wildman–Crippen MR) is 122 cm³/mol. The Morgan fingerprint density at radius 1 is 1.13 bits per heavy atom. The molecule has 0 saturated heterocycles. The molecular weight excluding hydrogens is 437 g/mol. The number of aryl methyl sites for hydroxylation is 1. The van der Waals surface area contributed by atoms with E-state index in [0.29, 0.717) is 27.2 Å². The second kappa shape index (κ2) is 9.58. The highest BCUT2D eigenvalue weighted by molar-refractivity contribution is 6.42. The van der Waals surface area contributed by atoms with Gasteiger partial charge >= 0.3 is 6.03 Å². The highest BCUT2D eigenvalue weighted by Gasteiger charge is 2.24. The topological polar surface area (TPSA) is 72.3 Å². The van der Waals surface area contributed by atoms with Gasteiger partial charge in [-0.25, -0.2) is 4.79 Å². The zero-order valence-corrected chi connectivity index (χ0v) is 18.7. The Bertz CT molecular complexity index is 1090. The van der Waals surface area contributed by atoms with Crippen molar-refractivity contribution < 1.29 is 9.53 Å². The lowest BCUT2D eigenvalue weighted by Crippen LogP contribution is -2.35. The Morgan fingerprint density at radius 3 is 2.77 bits per heavy atom. The number of hydrogen-bond donors (Lipinski definition) is 1. The van der Waals surface area contributed by atoms with E-state index in [1.165, 1.54) is 0 Å². The second-order valence-electron chi connectivity index (χ2n) is 7.31. The fraction of sp³-hybridized carbons (Fsp3) is 0.318. The molecule has 0 spiro atoms. The number of hydrogen-bond acceptors (Lipinski definition) is 4. The molecule has 162 valence electrons. The summed E-state index contributed by atoms with van der Waals surface area (Å²) >= 11 is 12.1. The highest BCUT2D eigenvalue weighted by atomic mass is 35.5. The van der Waals surface area contributed by atoms with E-state index in [9.17, 15) is 4.79 Å². The lowest BCUT2D eigenvalue weighted by molar-refractivity contribution is 0.256. The number of rotatable bonds is 5. The SMILES string of the molecule is COc1ccccc1N(Cc1nnc2n1CCCCC2)C(=O)Nc1ccc(Cl)c(Cl)c1. The summed E-state index contributed by atoms with van der Waals surface area (Å²) in [5.74, 6) is 2.30. The Kier molecular flexibility index (Phi) is 6.63. The molecule has 0 atom stereocenters. The van der Waals surface area contributed by atoms with Crippen LogP contribution in [0.4, 0.5) is 16.2 Å². The van der Waals surface area contributed by atoms with Gasteiger partial charge in [0.25, 0.3) is 0 Å². The minimum atomic E-state index is -0.339. The molecule has 1 N–H and O–H groups in total. The summed E-state index contributed by atoms with van der Waals surface area (Å²) < 4.78 is 7.64. The molecule has 31 heavy (non-hydrogen) atoms. The standard InChI is InChI=1S/C22H23Cl2N5O2/c1-31-19-8-5-4-7-18(19)29(22(30)25-15-10-11-16(23)17(24)13-15)14-21-27-26-20-9-3-2-6-12-28(20)21/h4-5,7-8,10-11,13H,2-3,6,9,12,14H2,1H3,(H,25,30). The van der Waals surface area contributed by atoms with Crippen LogP contribution in [0.15, 0.2) is 42.5 Å². The van der Waals surface area contributed by atoms with Crippen molar-refractivity contribution in [1.29, 1.82) is 0 Å². The van der Waals surface area contributed by atoms with Gasteiger partial charge in [-0.15, -0.1) is 10.2 Å². The molecule has 2 amide bonds. The van der Waals surface area contributed by atoms with Crippen LogP contribution >= 0.6 is 23.2 Å². The Labute approximate surface area is 190 Å². The normalized spacial score (nSPS) is 13.3. The van der Waals surface area contributed by atoms with Gasteiger partial charge in [0.1, 0.15) is 11.6 Å². The summed E-state index contributed by atoms with van der Waals surface area (Å²) in [5, 5.41) is 12.4. The number of methoxy groups -OCH3 is 1. The molecule has 7 nitrogen and oxygen atoms in total. The number of anilines is 2. The molecule has 0 fully saturated rings. The van der Waals surface area contributed by atoms with E-state index in [4.69, 9.17) is 27.9 Å². The van der Waals surface area contributed by atoms with Gasteiger partial charge in [-0.3, -0.25) is 4.90 Å². The van der Waals surface area contributed by atoms with Gasteiger partial charge in [0, 0.05) is 18.7 Å². The quantitative estimate of drug-likeness (QED) is 0.541. The third-order valence-electron chi connectivity index (χ3n) is 5.28. The van der Waals surface area contributed by atoms with Crippen LogP contribution in [0.3, 0.4) is 0 Å². The van der Waals surface area contributed by atoms with Gasteiger partial charge < -0.3 is 14.6 Å². The van der Waals surface area contributed by atoms with E-state index in [2.05, 4.69) is 20.1 Å². The molecule has 2 heterocycles. The largest absolute Gasteiger partial charge is 0.495 e. The summed E-state index contributed by atoms with van der Waals surface area (Å²) in [5.41, 5.74) is 1.17. The summed E-state index contributed by atoms with van der Waals surface area (Å²) in [6, 6.07) is 12.0. The first-order chi connectivity index (χ1) is 15.1. The number of urea groups is 1. The summed E-state index contributed by atoms with van der Waals surface area (Å²) in [4.78, 5) is 15.0. The van der Waals surface area contributed by atoms with Crippen molar-refractivity contribution in [2.45, 2.75) is 38.8 Å². The van der Waals surface area contributed by atoms with Crippen molar-refractivity contribution in [2.75, 3.05) is 17.3 Å². The van der Waals surface area contributed by atoms with Crippen LogP contribution in [-0.2, 0) is 19.5 Å². The van der Waals surface area contributed by atoms with Gasteiger partial charge in [0.2, 0.25) is 0 Å². The maximum absolute atomic E-state index is 13.4. The minimum Gasteiger partial charge on any atom is -0.495 e. The molecule has 1 aromatic heterocycles. The fourth-order valence-corrected chi connectivity index (χ4v) is 3.99. The first-order valence-corrected chi connectivity index (χ1v) is 10.9. The molecular formula is C22H23Cl2N5O2. The molecule has 2 aromatic carbocycles. The number of carbonyl (C=O) groups excluding carboxylic acids is 1. The molecule has 0 aliphatic carbocycles. The summed E-state index contributed by atoms with van der Waals surface area (Å²) in [6.07, 6.45) is 4.24. The van der Waals surface area contributed by atoms with Crippen molar-refractivity contribution in [1.82, 2.24) is 14.8 Å². The third-order valence-corrected chi connectivity index (χ3v) is 6.02.